The van der Waals surface area contributed by atoms with E-state index in [2.05, 4.69) is 16.4 Å². The van der Waals surface area contributed by atoms with Gasteiger partial charge in [-0.05, 0) is 31.9 Å². The summed E-state index contributed by atoms with van der Waals surface area (Å²) in [5.41, 5.74) is 0.988. The van der Waals surface area contributed by atoms with Gasteiger partial charge in [0.1, 0.15) is 5.01 Å². The maximum absolute atomic E-state index is 12.3. The number of hydrogen-bond donors (Lipinski definition) is 1. The zero-order valence-electron chi connectivity index (χ0n) is 12.9. The maximum Gasteiger partial charge on any atom is 0.317 e. The minimum atomic E-state index is -0.0812. The number of nitrogens with one attached hydrogen (secondary N) is 1. The van der Waals surface area contributed by atoms with E-state index in [4.69, 9.17) is 4.74 Å². The smallest absolute Gasteiger partial charge is 0.317 e. The first-order valence-corrected chi connectivity index (χ1v) is 8.44. The fraction of sp³-hybridized carbons (Fsp3) is 0.500. The number of aromatic nitrogens is 1. The number of para-hydroxylation sites is 1. The van der Waals surface area contributed by atoms with Crippen LogP contribution >= 0.6 is 11.3 Å². The molecule has 6 heteroatoms. The highest BCUT2D eigenvalue weighted by atomic mass is 32.1. The maximum atomic E-state index is 12.3. The lowest BCUT2D eigenvalue weighted by molar-refractivity contribution is 0.108. The van der Waals surface area contributed by atoms with Gasteiger partial charge in [0.05, 0.1) is 22.4 Å². The average molecular weight is 319 g/mol. The van der Waals surface area contributed by atoms with E-state index in [1.54, 1.807) is 16.2 Å². The molecule has 1 aromatic heterocycles. The highest BCUT2D eigenvalue weighted by Gasteiger charge is 2.22. The molecule has 2 aromatic rings. The molecule has 1 aliphatic heterocycles. The van der Waals surface area contributed by atoms with Crippen LogP contribution < -0.4 is 5.32 Å². The molecule has 0 radical (unpaired) electrons. The van der Waals surface area contributed by atoms with Crippen molar-refractivity contribution in [3.63, 3.8) is 0 Å². The van der Waals surface area contributed by atoms with Crippen molar-refractivity contribution in [2.75, 3.05) is 20.2 Å². The summed E-state index contributed by atoms with van der Waals surface area (Å²) in [5, 5.41) is 3.90. The first-order valence-electron chi connectivity index (χ1n) is 7.63. The van der Waals surface area contributed by atoms with Crippen molar-refractivity contribution in [1.82, 2.24) is 15.2 Å². The van der Waals surface area contributed by atoms with Crippen molar-refractivity contribution < 1.29 is 9.53 Å². The van der Waals surface area contributed by atoms with Gasteiger partial charge in [-0.25, -0.2) is 9.78 Å². The molecule has 1 saturated heterocycles. The van der Waals surface area contributed by atoms with Crippen LogP contribution in [0.15, 0.2) is 24.3 Å². The Morgan fingerprint density at radius 3 is 3.09 bits per heavy atom. The third-order valence-electron chi connectivity index (χ3n) is 4.07. The summed E-state index contributed by atoms with van der Waals surface area (Å²) < 4.78 is 6.68. The lowest BCUT2D eigenvalue weighted by Gasteiger charge is -2.24. The van der Waals surface area contributed by atoms with Crippen molar-refractivity contribution in [3.8, 4) is 0 Å². The number of benzene rings is 1. The fourth-order valence-corrected chi connectivity index (χ4v) is 3.60. The molecule has 2 atom stereocenters. The number of fused-ring (bicyclic) bond motifs is 1. The van der Waals surface area contributed by atoms with Crippen LogP contribution in [0.3, 0.4) is 0 Å². The second kappa shape index (κ2) is 6.62. The van der Waals surface area contributed by atoms with Gasteiger partial charge in [-0.3, -0.25) is 0 Å². The minimum absolute atomic E-state index is 0.0538. The average Bonchev–Trinajstić information content (AvgIpc) is 3.19. The van der Waals surface area contributed by atoms with Crippen molar-refractivity contribution in [2.45, 2.75) is 31.9 Å². The highest BCUT2D eigenvalue weighted by Crippen LogP contribution is 2.28. The molecule has 0 unspecified atom stereocenters. The first-order chi connectivity index (χ1) is 10.6. The second-order valence-corrected chi connectivity index (χ2v) is 6.69. The number of amides is 2. The van der Waals surface area contributed by atoms with Crippen LogP contribution in [0.2, 0.25) is 0 Å². The summed E-state index contributed by atoms with van der Waals surface area (Å²) in [7, 11) is 1.81. The molecule has 118 valence electrons. The Morgan fingerprint density at radius 2 is 2.36 bits per heavy atom. The molecule has 0 saturated carbocycles. The Labute approximate surface area is 134 Å². The topological polar surface area (TPSA) is 54.5 Å². The summed E-state index contributed by atoms with van der Waals surface area (Å²) >= 11 is 1.64. The van der Waals surface area contributed by atoms with Crippen molar-refractivity contribution in [1.29, 1.82) is 0 Å². The molecule has 1 N–H and O–H groups in total. The number of carbonyl (C=O) groups excluding carboxylic acids is 1. The minimum Gasteiger partial charge on any atom is -0.376 e. The van der Waals surface area contributed by atoms with Crippen LogP contribution in [-0.2, 0) is 4.74 Å². The summed E-state index contributed by atoms with van der Waals surface area (Å²) in [6.07, 6.45) is 2.27. The SMILES string of the molecule is C[C@@H](c1nc2ccccc2s1)N(C)C(=O)NC[C@H]1CCCO1. The predicted octanol–water partition coefficient (Wildman–Crippen LogP) is 3.18. The monoisotopic (exact) mass is 319 g/mol. The Kier molecular flexibility index (Phi) is 4.59. The Balaban J connectivity index is 1.62. The molecule has 1 aliphatic rings. The van der Waals surface area contributed by atoms with Crippen LogP contribution in [0.25, 0.3) is 10.2 Å². The molecule has 0 aliphatic carbocycles. The van der Waals surface area contributed by atoms with E-state index in [-0.39, 0.29) is 18.2 Å². The normalized spacial score (nSPS) is 19.3. The number of hydrogen-bond acceptors (Lipinski definition) is 4. The van der Waals surface area contributed by atoms with Crippen LogP contribution in [0.1, 0.15) is 30.8 Å². The van der Waals surface area contributed by atoms with E-state index in [1.807, 2.05) is 32.2 Å². The number of thiazole rings is 1. The van der Waals surface area contributed by atoms with Crippen LogP contribution in [0, 0.1) is 0 Å². The molecule has 2 amide bonds. The Bertz CT molecular complexity index is 619. The van der Waals surface area contributed by atoms with Crippen LogP contribution in [0.5, 0.6) is 0 Å². The summed E-state index contributed by atoms with van der Waals surface area (Å²) in [6.45, 7) is 3.39. The van der Waals surface area contributed by atoms with Gasteiger partial charge in [-0.1, -0.05) is 12.1 Å². The van der Waals surface area contributed by atoms with Gasteiger partial charge < -0.3 is 15.0 Å². The van der Waals surface area contributed by atoms with Crippen LogP contribution in [-0.4, -0.2) is 42.2 Å². The van der Waals surface area contributed by atoms with Gasteiger partial charge in [0.2, 0.25) is 0 Å². The number of urea groups is 1. The molecule has 1 aromatic carbocycles. The fourth-order valence-electron chi connectivity index (χ4n) is 2.54. The van der Waals surface area contributed by atoms with Gasteiger partial charge in [0.15, 0.2) is 0 Å². The standard InChI is InChI=1S/C16H21N3O2S/c1-11(15-18-13-7-3-4-8-14(13)22-15)19(2)16(20)17-10-12-6-5-9-21-12/h3-4,7-8,11-12H,5-6,9-10H2,1-2H3,(H,17,20)/t11-,12+/m0/s1. The third-order valence-corrected chi connectivity index (χ3v) is 5.28. The van der Waals surface area contributed by atoms with E-state index >= 15 is 0 Å². The molecule has 1 fully saturated rings. The first kappa shape index (κ1) is 15.2. The molecule has 0 spiro atoms. The Hall–Kier alpha value is -1.66. The van der Waals surface area contributed by atoms with E-state index in [0.717, 1.165) is 34.7 Å². The van der Waals surface area contributed by atoms with Crippen molar-refractivity contribution >= 4 is 27.6 Å². The van der Waals surface area contributed by atoms with Gasteiger partial charge >= 0.3 is 6.03 Å². The number of nitrogens with zero attached hydrogens (tertiary/aromatic N) is 2. The van der Waals surface area contributed by atoms with E-state index in [0.29, 0.717) is 6.54 Å². The van der Waals surface area contributed by atoms with Gasteiger partial charge in [-0.15, -0.1) is 11.3 Å². The van der Waals surface area contributed by atoms with Crippen molar-refractivity contribution in [3.05, 3.63) is 29.3 Å². The van der Waals surface area contributed by atoms with Gasteiger partial charge in [-0.2, -0.15) is 0 Å². The molecule has 2 heterocycles. The summed E-state index contributed by atoms with van der Waals surface area (Å²) in [5.74, 6) is 0. The highest BCUT2D eigenvalue weighted by molar-refractivity contribution is 7.18. The number of ether oxygens (including phenoxy) is 1. The van der Waals surface area contributed by atoms with E-state index in [1.165, 1.54) is 0 Å². The quantitative estimate of drug-likeness (QED) is 0.941. The molecule has 3 rings (SSSR count). The number of carbonyl (C=O) groups is 1. The largest absolute Gasteiger partial charge is 0.376 e. The molecule has 5 nitrogen and oxygen atoms in total. The predicted molar refractivity (Wildman–Crippen MR) is 88.2 cm³/mol. The lowest BCUT2D eigenvalue weighted by Crippen LogP contribution is -2.41. The molecule has 22 heavy (non-hydrogen) atoms. The molecular formula is C16H21N3O2S. The van der Waals surface area contributed by atoms with Gasteiger partial charge in [0.25, 0.3) is 0 Å². The number of rotatable bonds is 4. The molecule has 0 bridgehead atoms. The lowest BCUT2D eigenvalue weighted by atomic mass is 10.2. The zero-order valence-corrected chi connectivity index (χ0v) is 13.7. The second-order valence-electron chi connectivity index (χ2n) is 5.63. The Morgan fingerprint density at radius 1 is 1.55 bits per heavy atom. The van der Waals surface area contributed by atoms with E-state index in [9.17, 15) is 4.79 Å². The van der Waals surface area contributed by atoms with Crippen molar-refractivity contribution in [2.24, 2.45) is 0 Å². The van der Waals surface area contributed by atoms with E-state index < -0.39 is 0 Å². The zero-order chi connectivity index (χ0) is 15.5. The third kappa shape index (κ3) is 3.23. The van der Waals surface area contributed by atoms with Gasteiger partial charge in [0, 0.05) is 20.2 Å². The van der Waals surface area contributed by atoms with Crippen LogP contribution in [0.4, 0.5) is 4.79 Å². The summed E-state index contributed by atoms with van der Waals surface area (Å²) in [4.78, 5) is 18.6. The molecular weight excluding hydrogens is 298 g/mol. The summed E-state index contributed by atoms with van der Waals surface area (Å²) in [6, 6.07) is 7.91.